The highest BCUT2D eigenvalue weighted by molar-refractivity contribution is 5.91. The highest BCUT2D eigenvalue weighted by Gasteiger charge is 2.18. The van der Waals surface area contributed by atoms with Gasteiger partial charge in [-0.1, -0.05) is 31.1 Å². The fraction of sp³-hybridized carbons (Fsp3) is 0.500. The van der Waals surface area contributed by atoms with Gasteiger partial charge in [0.15, 0.2) is 6.17 Å². The van der Waals surface area contributed by atoms with Gasteiger partial charge in [0.25, 0.3) is 0 Å². The average molecular weight is 275 g/mol. The van der Waals surface area contributed by atoms with Gasteiger partial charge in [0.1, 0.15) is 0 Å². The second kappa shape index (κ2) is 6.88. The Kier molecular flexibility index (Phi) is 4.92. The van der Waals surface area contributed by atoms with E-state index in [9.17, 15) is 4.79 Å². The number of rotatable bonds is 6. The van der Waals surface area contributed by atoms with E-state index in [1.165, 1.54) is 0 Å². The summed E-state index contributed by atoms with van der Waals surface area (Å²) in [5, 5.41) is 12.5. The first-order valence-electron chi connectivity index (χ1n) is 7.05. The zero-order chi connectivity index (χ0) is 14.4. The number of carbonyl (C=O) groups excluding carboxylic acids is 1. The summed E-state index contributed by atoms with van der Waals surface area (Å²) in [4.78, 5) is 11.8. The van der Waals surface area contributed by atoms with Crippen LogP contribution in [0.4, 0.5) is 11.4 Å². The second-order valence-electron chi connectivity index (χ2n) is 4.87. The van der Waals surface area contributed by atoms with Crippen LogP contribution in [-0.4, -0.2) is 12.1 Å². The number of amides is 1. The molecule has 20 heavy (non-hydrogen) atoms. The van der Waals surface area contributed by atoms with Gasteiger partial charge >= 0.3 is 0 Å². The van der Waals surface area contributed by atoms with Crippen molar-refractivity contribution in [1.29, 1.82) is 0 Å². The molecule has 1 aliphatic rings. The lowest BCUT2D eigenvalue weighted by Gasteiger charge is -2.20. The molecule has 2 N–H and O–H groups in total. The molecule has 1 unspecified atom stereocenters. The van der Waals surface area contributed by atoms with Gasteiger partial charge in [0.05, 0.1) is 5.69 Å². The summed E-state index contributed by atoms with van der Waals surface area (Å²) >= 11 is 0. The number of hydrazine groups is 1. The molecule has 0 radical (unpaired) electrons. The van der Waals surface area contributed by atoms with E-state index in [1.54, 1.807) is 0 Å². The molecule has 2 rings (SSSR count). The van der Waals surface area contributed by atoms with E-state index in [4.69, 9.17) is 0 Å². The fourth-order valence-electron chi connectivity index (χ4n) is 2.06. The Morgan fingerprint density at radius 3 is 3.00 bits per heavy atom. The second-order valence-corrected chi connectivity index (χ2v) is 4.87. The molecular formula is C14H21N5O. The van der Waals surface area contributed by atoms with Gasteiger partial charge in [-0.25, -0.2) is 5.01 Å². The molecule has 1 atom stereocenters. The third kappa shape index (κ3) is 3.69. The van der Waals surface area contributed by atoms with Crippen LogP contribution in [0.1, 0.15) is 39.5 Å². The molecule has 6 heteroatoms. The minimum Gasteiger partial charge on any atom is -0.326 e. The van der Waals surface area contributed by atoms with E-state index in [0.29, 0.717) is 6.42 Å². The van der Waals surface area contributed by atoms with Crippen molar-refractivity contribution < 1.29 is 4.79 Å². The number of benzene rings is 1. The van der Waals surface area contributed by atoms with Crippen molar-refractivity contribution in [2.75, 3.05) is 10.3 Å². The molecule has 1 aliphatic heterocycles. The van der Waals surface area contributed by atoms with Crippen LogP contribution in [0, 0.1) is 0 Å². The van der Waals surface area contributed by atoms with Crippen LogP contribution < -0.4 is 15.9 Å². The minimum atomic E-state index is -0.0505. The van der Waals surface area contributed by atoms with Crippen LogP contribution in [0.2, 0.25) is 0 Å². The van der Waals surface area contributed by atoms with E-state index < -0.39 is 0 Å². The van der Waals surface area contributed by atoms with Gasteiger partial charge in [0.2, 0.25) is 5.91 Å². The third-order valence-electron chi connectivity index (χ3n) is 3.17. The average Bonchev–Trinajstić information content (AvgIpc) is 2.85. The molecule has 6 nitrogen and oxygen atoms in total. The van der Waals surface area contributed by atoms with Gasteiger partial charge in [0, 0.05) is 12.1 Å². The number of unbranched alkanes of at least 4 members (excludes halogenated alkanes) is 2. The van der Waals surface area contributed by atoms with Gasteiger partial charge < -0.3 is 5.32 Å². The number of hydrogen-bond donors (Lipinski definition) is 2. The summed E-state index contributed by atoms with van der Waals surface area (Å²) in [6, 6.07) is 7.66. The summed E-state index contributed by atoms with van der Waals surface area (Å²) in [5.41, 5.74) is 4.55. The SMILES string of the molecule is CCCCCC(=O)Nc1cccc(N2NN=NC2C)c1. The molecule has 1 amide bonds. The van der Waals surface area contributed by atoms with Crippen LogP contribution >= 0.6 is 0 Å². The molecule has 0 bridgehead atoms. The maximum absolute atomic E-state index is 11.8. The number of anilines is 2. The summed E-state index contributed by atoms with van der Waals surface area (Å²) in [5.74, 6) is 0.0624. The summed E-state index contributed by atoms with van der Waals surface area (Å²) in [7, 11) is 0. The maximum atomic E-state index is 11.8. The molecule has 0 spiro atoms. The van der Waals surface area contributed by atoms with E-state index in [1.807, 2.05) is 36.2 Å². The number of nitrogens with zero attached hydrogens (tertiary/aromatic N) is 3. The quantitative estimate of drug-likeness (QED) is 0.783. The molecule has 1 aromatic carbocycles. The Hall–Kier alpha value is -2.11. The summed E-state index contributed by atoms with van der Waals surface area (Å²) < 4.78 is 0. The minimum absolute atomic E-state index is 0.0505. The predicted molar refractivity (Wildman–Crippen MR) is 79.1 cm³/mol. The Morgan fingerprint density at radius 2 is 2.30 bits per heavy atom. The smallest absolute Gasteiger partial charge is 0.224 e. The van der Waals surface area contributed by atoms with E-state index in [0.717, 1.165) is 30.6 Å². The zero-order valence-corrected chi connectivity index (χ0v) is 12.0. The van der Waals surface area contributed by atoms with Gasteiger partial charge in [-0.3, -0.25) is 4.79 Å². The number of carbonyl (C=O) groups is 1. The van der Waals surface area contributed by atoms with Crippen molar-refractivity contribution in [2.24, 2.45) is 10.3 Å². The Balaban J connectivity index is 1.94. The monoisotopic (exact) mass is 275 g/mol. The lowest BCUT2D eigenvalue weighted by molar-refractivity contribution is -0.116. The molecule has 1 heterocycles. The van der Waals surface area contributed by atoms with Crippen LogP contribution in [0.15, 0.2) is 34.6 Å². The molecule has 0 aliphatic carbocycles. The first-order chi connectivity index (χ1) is 9.70. The lowest BCUT2D eigenvalue weighted by atomic mass is 10.2. The lowest BCUT2D eigenvalue weighted by Crippen LogP contribution is -2.35. The first-order valence-corrected chi connectivity index (χ1v) is 7.05. The third-order valence-corrected chi connectivity index (χ3v) is 3.17. The standard InChI is InChI=1S/C14H21N5O/c1-3-4-5-9-14(20)15-12-7-6-8-13(10-12)19-11(2)16-17-18-19/h6-8,10-11H,3-5,9H2,1-2H3,(H,15,20)(H,16,18). The predicted octanol–water partition coefficient (Wildman–Crippen LogP) is 3.24. The number of nitrogens with one attached hydrogen (secondary N) is 2. The van der Waals surface area contributed by atoms with Crippen LogP contribution in [-0.2, 0) is 4.79 Å². The van der Waals surface area contributed by atoms with Crippen molar-refractivity contribution in [2.45, 2.75) is 45.7 Å². The maximum Gasteiger partial charge on any atom is 0.224 e. The van der Waals surface area contributed by atoms with Crippen LogP contribution in [0.5, 0.6) is 0 Å². The highest BCUT2D eigenvalue weighted by Crippen LogP contribution is 2.22. The molecule has 0 saturated carbocycles. The van der Waals surface area contributed by atoms with Gasteiger partial charge in [-0.05, 0) is 31.5 Å². The van der Waals surface area contributed by atoms with Gasteiger partial charge in [-0.2, -0.15) is 5.53 Å². The highest BCUT2D eigenvalue weighted by atomic mass is 16.1. The van der Waals surface area contributed by atoms with Crippen LogP contribution in [0.25, 0.3) is 0 Å². The molecule has 108 valence electrons. The summed E-state index contributed by atoms with van der Waals surface area (Å²) in [6.45, 7) is 4.07. The van der Waals surface area contributed by atoms with E-state index in [-0.39, 0.29) is 12.1 Å². The normalized spacial score (nSPS) is 17.1. The molecule has 0 aromatic heterocycles. The summed E-state index contributed by atoms with van der Waals surface area (Å²) in [6.07, 6.45) is 3.66. The zero-order valence-electron chi connectivity index (χ0n) is 12.0. The molecule has 1 aromatic rings. The Bertz CT molecular complexity index is 488. The van der Waals surface area contributed by atoms with Gasteiger partial charge in [-0.15, -0.1) is 5.11 Å². The Morgan fingerprint density at radius 1 is 1.45 bits per heavy atom. The van der Waals surface area contributed by atoms with Crippen molar-refractivity contribution >= 4 is 17.3 Å². The topological polar surface area (TPSA) is 69.1 Å². The Labute approximate surface area is 119 Å². The van der Waals surface area contributed by atoms with Crippen molar-refractivity contribution in [3.63, 3.8) is 0 Å². The first kappa shape index (κ1) is 14.3. The number of hydrogen-bond acceptors (Lipinski definition) is 5. The van der Waals surface area contributed by atoms with Crippen molar-refractivity contribution in [1.82, 2.24) is 5.53 Å². The van der Waals surface area contributed by atoms with Crippen molar-refractivity contribution in [3.8, 4) is 0 Å². The van der Waals surface area contributed by atoms with Crippen LogP contribution in [0.3, 0.4) is 0 Å². The van der Waals surface area contributed by atoms with E-state index in [2.05, 4.69) is 28.1 Å². The fourth-order valence-corrected chi connectivity index (χ4v) is 2.06. The molecule has 0 saturated heterocycles. The largest absolute Gasteiger partial charge is 0.326 e. The van der Waals surface area contributed by atoms with E-state index >= 15 is 0 Å². The van der Waals surface area contributed by atoms with Crippen molar-refractivity contribution in [3.05, 3.63) is 24.3 Å². The molecular weight excluding hydrogens is 254 g/mol. The molecule has 0 fully saturated rings.